The first-order valence-corrected chi connectivity index (χ1v) is 8.06. The zero-order valence-electron chi connectivity index (χ0n) is 13.5. The van der Waals surface area contributed by atoms with Gasteiger partial charge in [-0.2, -0.15) is 0 Å². The second-order valence-electron chi connectivity index (χ2n) is 5.91. The van der Waals surface area contributed by atoms with Gasteiger partial charge in [0.05, 0.1) is 11.9 Å². The zero-order chi connectivity index (χ0) is 16.1. The van der Waals surface area contributed by atoms with Crippen molar-refractivity contribution in [1.29, 1.82) is 0 Å². The molecule has 0 atom stereocenters. The lowest BCUT2D eigenvalue weighted by Crippen LogP contribution is -2.49. The lowest BCUT2D eigenvalue weighted by molar-refractivity contribution is 0.0632. The molecule has 2 heterocycles. The highest BCUT2D eigenvalue weighted by Gasteiger charge is 2.22. The molecule has 1 saturated heterocycles. The number of rotatable bonds is 4. The Hall–Kier alpha value is -2.27. The number of piperazine rings is 1. The molecule has 1 aromatic heterocycles. The Labute approximate surface area is 137 Å². The first-order chi connectivity index (χ1) is 11.2. The SMILES string of the molecule is Cc1cnc(C(=O)N2CCN(CCc3ccccc3)CC2)cn1. The van der Waals surface area contributed by atoms with Crippen LogP contribution >= 0.6 is 0 Å². The molecule has 1 aliphatic rings. The number of carbonyl (C=O) groups excluding carboxylic acids is 1. The van der Waals surface area contributed by atoms with Gasteiger partial charge in [0, 0.05) is 38.9 Å². The van der Waals surface area contributed by atoms with Crippen LogP contribution in [0.2, 0.25) is 0 Å². The molecule has 23 heavy (non-hydrogen) atoms. The van der Waals surface area contributed by atoms with Gasteiger partial charge in [0.15, 0.2) is 0 Å². The standard InChI is InChI=1S/C18H22N4O/c1-15-13-20-17(14-19-15)18(23)22-11-9-21(10-12-22)8-7-16-5-3-2-4-6-16/h2-6,13-14H,7-12H2,1H3. The maximum absolute atomic E-state index is 12.4. The fraction of sp³-hybridized carbons (Fsp3) is 0.389. The quantitative estimate of drug-likeness (QED) is 0.864. The molecule has 0 saturated carbocycles. The average molecular weight is 310 g/mol. The van der Waals surface area contributed by atoms with Crippen LogP contribution in [0.3, 0.4) is 0 Å². The first kappa shape index (κ1) is 15.6. The summed E-state index contributed by atoms with van der Waals surface area (Å²) in [4.78, 5) is 25.0. The van der Waals surface area contributed by atoms with Gasteiger partial charge < -0.3 is 4.90 Å². The third-order valence-corrected chi connectivity index (χ3v) is 4.22. The Morgan fingerprint density at radius 3 is 2.43 bits per heavy atom. The van der Waals surface area contributed by atoms with Crippen molar-refractivity contribution < 1.29 is 4.79 Å². The molecule has 0 aliphatic carbocycles. The number of hydrogen-bond donors (Lipinski definition) is 0. The van der Waals surface area contributed by atoms with Gasteiger partial charge in [-0.25, -0.2) is 4.98 Å². The van der Waals surface area contributed by atoms with E-state index >= 15 is 0 Å². The van der Waals surface area contributed by atoms with Crippen LogP contribution in [0, 0.1) is 6.92 Å². The number of aryl methyl sites for hydroxylation is 1. The largest absolute Gasteiger partial charge is 0.335 e. The van der Waals surface area contributed by atoms with Gasteiger partial charge in [0.1, 0.15) is 5.69 Å². The summed E-state index contributed by atoms with van der Waals surface area (Å²) >= 11 is 0. The van der Waals surface area contributed by atoms with Crippen LogP contribution in [-0.2, 0) is 6.42 Å². The van der Waals surface area contributed by atoms with E-state index in [1.165, 1.54) is 5.56 Å². The van der Waals surface area contributed by atoms with E-state index in [1.807, 2.05) is 17.9 Å². The highest BCUT2D eigenvalue weighted by atomic mass is 16.2. The van der Waals surface area contributed by atoms with Crippen molar-refractivity contribution >= 4 is 5.91 Å². The third-order valence-electron chi connectivity index (χ3n) is 4.22. The number of carbonyl (C=O) groups is 1. The lowest BCUT2D eigenvalue weighted by atomic mass is 10.1. The molecule has 5 heteroatoms. The van der Waals surface area contributed by atoms with Gasteiger partial charge in [-0.15, -0.1) is 0 Å². The van der Waals surface area contributed by atoms with Gasteiger partial charge in [-0.05, 0) is 18.9 Å². The Morgan fingerprint density at radius 1 is 1.04 bits per heavy atom. The maximum Gasteiger partial charge on any atom is 0.274 e. The molecular weight excluding hydrogens is 288 g/mol. The number of hydrogen-bond acceptors (Lipinski definition) is 4. The second-order valence-corrected chi connectivity index (χ2v) is 5.91. The molecule has 1 fully saturated rings. The molecular formula is C18H22N4O. The minimum atomic E-state index is -0.0137. The molecule has 1 aliphatic heterocycles. The topological polar surface area (TPSA) is 49.3 Å². The van der Waals surface area contributed by atoms with E-state index in [9.17, 15) is 4.79 Å². The van der Waals surface area contributed by atoms with Crippen molar-refractivity contribution in [2.75, 3.05) is 32.7 Å². The molecule has 0 radical (unpaired) electrons. The summed E-state index contributed by atoms with van der Waals surface area (Å²) in [5, 5.41) is 0. The lowest BCUT2D eigenvalue weighted by Gasteiger charge is -2.34. The van der Waals surface area contributed by atoms with Crippen LogP contribution in [0.25, 0.3) is 0 Å². The Morgan fingerprint density at radius 2 is 1.78 bits per heavy atom. The molecule has 2 aromatic rings. The summed E-state index contributed by atoms with van der Waals surface area (Å²) < 4.78 is 0. The van der Waals surface area contributed by atoms with E-state index in [-0.39, 0.29) is 5.91 Å². The van der Waals surface area contributed by atoms with Crippen LogP contribution in [0.15, 0.2) is 42.7 Å². The third kappa shape index (κ3) is 4.13. The highest BCUT2D eigenvalue weighted by molar-refractivity contribution is 5.92. The van der Waals surface area contributed by atoms with Crippen molar-refractivity contribution in [2.45, 2.75) is 13.3 Å². The molecule has 1 amide bonds. The molecule has 3 rings (SSSR count). The van der Waals surface area contributed by atoms with Crippen LogP contribution < -0.4 is 0 Å². The minimum absolute atomic E-state index is 0.0137. The van der Waals surface area contributed by atoms with Gasteiger partial charge in [-0.3, -0.25) is 14.7 Å². The number of aromatic nitrogens is 2. The van der Waals surface area contributed by atoms with Crippen molar-refractivity contribution in [3.8, 4) is 0 Å². The maximum atomic E-state index is 12.4. The summed E-state index contributed by atoms with van der Waals surface area (Å²) in [6.07, 6.45) is 4.26. The minimum Gasteiger partial charge on any atom is -0.335 e. The van der Waals surface area contributed by atoms with Gasteiger partial charge in [-0.1, -0.05) is 30.3 Å². The van der Waals surface area contributed by atoms with Gasteiger partial charge >= 0.3 is 0 Å². The van der Waals surface area contributed by atoms with Gasteiger partial charge in [0.25, 0.3) is 5.91 Å². The van der Waals surface area contributed by atoms with Crippen LogP contribution in [0.1, 0.15) is 21.7 Å². The summed E-state index contributed by atoms with van der Waals surface area (Å²) in [6, 6.07) is 10.5. The van der Waals surface area contributed by atoms with E-state index < -0.39 is 0 Å². The first-order valence-electron chi connectivity index (χ1n) is 8.06. The molecule has 0 unspecified atom stereocenters. The molecule has 120 valence electrons. The molecule has 1 aromatic carbocycles. The molecule has 0 N–H and O–H groups in total. The number of benzene rings is 1. The van der Waals surface area contributed by atoms with Gasteiger partial charge in [0.2, 0.25) is 0 Å². The molecule has 5 nitrogen and oxygen atoms in total. The fourth-order valence-electron chi connectivity index (χ4n) is 2.77. The number of nitrogens with zero attached hydrogens (tertiary/aromatic N) is 4. The normalized spacial score (nSPS) is 15.6. The van der Waals surface area contributed by atoms with Crippen LogP contribution in [0.4, 0.5) is 0 Å². The summed E-state index contributed by atoms with van der Waals surface area (Å²) in [6.45, 7) is 6.24. The van der Waals surface area contributed by atoms with E-state index in [1.54, 1.807) is 12.4 Å². The Kier molecular flexibility index (Phi) is 4.98. The highest BCUT2D eigenvalue weighted by Crippen LogP contribution is 2.08. The predicted octanol–water partition coefficient (Wildman–Crippen LogP) is 1.79. The van der Waals surface area contributed by atoms with Crippen molar-refractivity contribution in [2.24, 2.45) is 0 Å². The number of amides is 1. The van der Waals surface area contributed by atoms with Crippen LogP contribution in [0.5, 0.6) is 0 Å². The molecule has 0 spiro atoms. The smallest absolute Gasteiger partial charge is 0.274 e. The second kappa shape index (κ2) is 7.33. The Bertz CT molecular complexity index is 634. The summed E-state index contributed by atoms with van der Waals surface area (Å²) in [5.74, 6) is -0.0137. The molecule has 0 bridgehead atoms. The predicted molar refractivity (Wildman–Crippen MR) is 89.3 cm³/mol. The monoisotopic (exact) mass is 310 g/mol. The fourth-order valence-corrected chi connectivity index (χ4v) is 2.77. The Balaban J connectivity index is 1.48. The van der Waals surface area contributed by atoms with Crippen molar-refractivity contribution in [1.82, 2.24) is 19.8 Å². The van der Waals surface area contributed by atoms with Crippen molar-refractivity contribution in [3.05, 3.63) is 59.7 Å². The van der Waals surface area contributed by atoms with E-state index in [0.717, 1.165) is 44.8 Å². The van der Waals surface area contributed by atoms with Crippen LogP contribution in [-0.4, -0.2) is 58.4 Å². The summed E-state index contributed by atoms with van der Waals surface area (Å²) in [7, 11) is 0. The van der Waals surface area contributed by atoms with E-state index in [4.69, 9.17) is 0 Å². The zero-order valence-corrected chi connectivity index (χ0v) is 13.5. The van der Waals surface area contributed by atoms with Crippen molar-refractivity contribution in [3.63, 3.8) is 0 Å². The van der Waals surface area contributed by atoms with E-state index in [2.05, 4.69) is 39.1 Å². The van der Waals surface area contributed by atoms with E-state index in [0.29, 0.717) is 5.69 Å². The average Bonchev–Trinajstić information content (AvgIpc) is 2.61. The summed E-state index contributed by atoms with van der Waals surface area (Å²) in [5.41, 5.74) is 2.63.